The van der Waals surface area contributed by atoms with Gasteiger partial charge < -0.3 is 20.6 Å². The maximum atomic E-state index is 9.66. The molecule has 2 aromatic carbocycles. The largest absolute Gasteiger partial charge is 0.504 e. The van der Waals surface area contributed by atoms with Gasteiger partial charge in [0, 0.05) is 12.1 Å². The fraction of sp³-hybridized carbons (Fsp3) is 0.250. The molecule has 0 aliphatic heterocycles. The van der Waals surface area contributed by atoms with Gasteiger partial charge in [-0.2, -0.15) is 0 Å². The van der Waals surface area contributed by atoms with Gasteiger partial charge in [0.2, 0.25) is 5.75 Å². The number of aromatic hydroxyl groups is 3. The zero-order chi connectivity index (χ0) is 14.4. The summed E-state index contributed by atoms with van der Waals surface area (Å²) >= 11 is 0. The minimum absolute atomic E-state index is 0.263. The molecule has 0 radical (unpaired) electrons. The van der Waals surface area contributed by atoms with Gasteiger partial charge in [-0.05, 0) is 31.0 Å². The second-order valence-electron chi connectivity index (χ2n) is 4.71. The lowest BCUT2D eigenvalue weighted by molar-refractivity contribution is 0.364. The number of phenols is 3. The molecule has 0 atom stereocenters. The van der Waals surface area contributed by atoms with Gasteiger partial charge in [0.15, 0.2) is 11.5 Å². The fourth-order valence-electron chi connectivity index (χ4n) is 2.04. The van der Waals surface area contributed by atoms with Crippen LogP contribution in [0.5, 0.6) is 17.2 Å². The Hall–Kier alpha value is -2.20. The smallest absolute Gasteiger partial charge is 0.200 e. The predicted octanol–water partition coefficient (Wildman–Crippen LogP) is 2.53. The van der Waals surface area contributed by atoms with Crippen molar-refractivity contribution in [3.8, 4) is 17.2 Å². The maximum absolute atomic E-state index is 9.66. The first kappa shape index (κ1) is 14.2. The fourth-order valence-corrected chi connectivity index (χ4v) is 2.04. The third-order valence-electron chi connectivity index (χ3n) is 3.19. The van der Waals surface area contributed by atoms with Crippen LogP contribution in [0.4, 0.5) is 0 Å². The highest BCUT2D eigenvalue weighted by Gasteiger charge is 2.10. The van der Waals surface area contributed by atoms with Gasteiger partial charge in [-0.25, -0.2) is 0 Å². The molecule has 20 heavy (non-hydrogen) atoms. The Labute approximate surface area is 118 Å². The second kappa shape index (κ2) is 6.82. The molecule has 2 aromatic rings. The van der Waals surface area contributed by atoms with Crippen LogP contribution in [0.15, 0.2) is 42.5 Å². The molecule has 106 valence electrons. The minimum atomic E-state index is -0.464. The topological polar surface area (TPSA) is 72.7 Å². The molecule has 0 aromatic heterocycles. The van der Waals surface area contributed by atoms with E-state index in [1.807, 2.05) is 18.2 Å². The summed E-state index contributed by atoms with van der Waals surface area (Å²) in [4.78, 5) is 0. The van der Waals surface area contributed by atoms with E-state index >= 15 is 0 Å². The van der Waals surface area contributed by atoms with Crippen molar-refractivity contribution in [2.75, 3.05) is 6.54 Å². The van der Waals surface area contributed by atoms with E-state index in [0.29, 0.717) is 12.1 Å². The first-order valence-corrected chi connectivity index (χ1v) is 6.66. The molecule has 2 rings (SSSR count). The van der Waals surface area contributed by atoms with E-state index < -0.39 is 5.75 Å². The van der Waals surface area contributed by atoms with Crippen LogP contribution in [-0.4, -0.2) is 21.9 Å². The number of hydrogen-bond acceptors (Lipinski definition) is 4. The van der Waals surface area contributed by atoms with Crippen molar-refractivity contribution in [2.24, 2.45) is 0 Å². The van der Waals surface area contributed by atoms with Crippen LogP contribution < -0.4 is 5.32 Å². The molecular weight excluding hydrogens is 254 g/mol. The van der Waals surface area contributed by atoms with Crippen molar-refractivity contribution in [1.82, 2.24) is 5.32 Å². The zero-order valence-corrected chi connectivity index (χ0v) is 11.2. The molecule has 0 spiro atoms. The van der Waals surface area contributed by atoms with Crippen LogP contribution in [-0.2, 0) is 13.0 Å². The molecule has 4 N–H and O–H groups in total. The van der Waals surface area contributed by atoms with Crippen molar-refractivity contribution in [3.63, 3.8) is 0 Å². The number of hydrogen-bond donors (Lipinski definition) is 4. The third kappa shape index (κ3) is 3.65. The molecule has 4 heteroatoms. The normalized spacial score (nSPS) is 10.6. The van der Waals surface area contributed by atoms with Crippen molar-refractivity contribution >= 4 is 0 Å². The molecule has 0 unspecified atom stereocenters. The highest BCUT2D eigenvalue weighted by molar-refractivity contribution is 5.52. The molecule has 0 fully saturated rings. The van der Waals surface area contributed by atoms with Crippen molar-refractivity contribution in [2.45, 2.75) is 19.4 Å². The lowest BCUT2D eigenvalue weighted by atomic mass is 10.1. The minimum Gasteiger partial charge on any atom is -0.504 e. The Morgan fingerprint density at radius 2 is 1.60 bits per heavy atom. The first-order chi connectivity index (χ1) is 9.68. The monoisotopic (exact) mass is 273 g/mol. The highest BCUT2D eigenvalue weighted by Crippen LogP contribution is 2.36. The summed E-state index contributed by atoms with van der Waals surface area (Å²) in [5, 5.41) is 31.5. The molecule has 0 aliphatic carbocycles. The lowest BCUT2D eigenvalue weighted by Crippen LogP contribution is -2.15. The van der Waals surface area contributed by atoms with Crippen LogP contribution in [0.25, 0.3) is 0 Å². The molecule has 0 amide bonds. The van der Waals surface area contributed by atoms with Crippen LogP contribution >= 0.6 is 0 Å². The first-order valence-electron chi connectivity index (χ1n) is 6.66. The second-order valence-corrected chi connectivity index (χ2v) is 4.71. The predicted molar refractivity (Wildman–Crippen MR) is 77.9 cm³/mol. The van der Waals surface area contributed by atoms with E-state index in [2.05, 4.69) is 17.4 Å². The Bertz CT molecular complexity index is 555. The van der Waals surface area contributed by atoms with E-state index in [4.69, 9.17) is 0 Å². The van der Waals surface area contributed by atoms with E-state index in [0.717, 1.165) is 19.4 Å². The molecule has 4 nitrogen and oxygen atoms in total. The Kier molecular flexibility index (Phi) is 4.85. The average molecular weight is 273 g/mol. The van der Waals surface area contributed by atoms with Crippen molar-refractivity contribution in [3.05, 3.63) is 53.6 Å². The number of nitrogens with one attached hydrogen (secondary N) is 1. The Morgan fingerprint density at radius 3 is 2.35 bits per heavy atom. The summed E-state index contributed by atoms with van der Waals surface area (Å²) in [5.74, 6) is -1.04. The van der Waals surface area contributed by atoms with E-state index in [1.54, 1.807) is 6.07 Å². The number of aryl methyl sites for hydroxylation is 1. The SMILES string of the molecule is Oc1ccc(CNCCCc2ccccc2)c(O)c1O. The van der Waals surface area contributed by atoms with Gasteiger partial charge in [-0.15, -0.1) is 0 Å². The Balaban J connectivity index is 1.75. The summed E-state index contributed by atoms with van der Waals surface area (Å²) in [6.07, 6.45) is 2.00. The molecule has 0 saturated heterocycles. The van der Waals surface area contributed by atoms with Crippen molar-refractivity contribution < 1.29 is 15.3 Å². The molecule has 0 heterocycles. The standard InChI is InChI=1S/C16H19NO3/c18-14-9-8-13(15(19)16(14)20)11-17-10-4-7-12-5-2-1-3-6-12/h1-3,5-6,8-9,17-20H,4,7,10-11H2. The van der Waals surface area contributed by atoms with Gasteiger partial charge >= 0.3 is 0 Å². The lowest BCUT2D eigenvalue weighted by Gasteiger charge is -2.09. The Morgan fingerprint density at radius 1 is 0.850 bits per heavy atom. The maximum Gasteiger partial charge on any atom is 0.200 e. The number of phenolic OH excluding ortho intramolecular Hbond substituents is 3. The van der Waals surface area contributed by atoms with Gasteiger partial charge in [-0.3, -0.25) is 0 Å². The zero-order valence-electron chi connectivity index (χ0n) is 11.2. The van der Waals surface area contributed by atoms with Gasteiger partial charge in [0.25, 0.3) is 0 Å². The van der Waals surface area contributed by atoms with Gasteiger partial charge in [0.05, 0.1) is 0 Å². The van der Waals surface area contributed by atoms with E-state index in [9.17, 15) is 15.3 Å². The molecule has 0 aliphatic rings. The average Bonchev–Trinajstić information content (AvgIpc) is 2.48. The van der Waals surface area contributed by atoms with Crippen LogP contribution in [0, 0.1) is 0 Å². The molecule has 0 bridgehead atoms. The quantitative estimate of drug-likeness (QED) is 0.482. The van der Waals surface area contributed by atoms with E-state index in [1.165, 1.54) is 11.6 Å². The summed E-state index contributed by atoms with van der Waals surface area (Å²) in [7, 11) is 0. The number of rotatable bonds is 6. The summed E-state index contributed by atoms with van der Waals surface area (Å²) in [5.41, 5.74) is 1.87. The highest BCUT2D eigenvalue weighted by atomic mass is 16.3. The van der Waals surface area contributed by atoms with Crippen LogP contribution in [0.3, 0.4) is 0 Å². The van der Waals surface area contributed by atoms with Gasteiger partial charge in [-0.1, -0.05) is 36.4 Å². The van der Waals surface area contributed by atoms with Crippen LogP contribution in [0.2, 0.25) is 0 Å². The van der Waals surface area contributed by atoms with Crippen LogP contribution in [0.1, 0.15) is 17.5 Å². The summed E-state index contributed by atoms with van der Waals surface area (Å²) in [6.45, 7) is 1.27. The van der Waals surface area contributed by atoms with Gasteiger partial charge in [0.1, 0.15) is 0 Å². The van der Waals surface area contributed by atoms with E-state index in [-0.39, 0.29) is 11.5 Å². The third-order valence-corrected chi connectivity index (χ3v) is 3.19. The summed E-state index contributed by atoms with van der Waals surface area (Å²) in [6, 6.07) is 13.2. The molecular formula is C16H19NO3. The van der Waals surface area contributed by atoms with Crippen molar-refractivity contribution in [1.29, 1.82) is 0 Å². The number of benzene rings is 2. The summed E-state index contributed by atoms with van der Waals surface area (Å²) < 4.78 is 0. The molecule has 0 saturated carbocycles.